The first kappa shape index (κ1) is 14.7. The summed E-state index contributed by atoms with van der Waals surface area (Å²) in [6.07, 6.45) is 0. The van der Waals surface area contributed by atoms with E-state index in [9.17, 15) is 0 Å². The van der Waals surface area contributed by atoms with Crippen molar-refractivity contribution in [2.45, 2.75) is 13.5 Å². The summed E-state index contributed by atoms with van der Waals surface area (Å²) in [5.74, 6) is 0.392. The molecule has 0 aliphatic rings. The average molecular weight is 339 g/mol. The molecule has 0 aliphatic heterocycles. The fraction of sp³-hybridized carbons (Fsp3) is 0.273. The largest absolute Gasteiger partial charge is 0.484 e. The van der Waals surface area contributed by atoms with E-state index in [4.69, 9.17) is 39.5 Å². The molecule has 0 saturated carbocycles. The van der Waals surface area contributed by atoms with Crippen LogP contribution in [0.5, 0.6) is 5.75 Å². The molecular weight excluding hydrogens is 329 g/mol. The first-order valence-electron chi connectivity index (χ1n) is 5.44. The Balaban J connectivity index is 2.12. The van der Waals surface area contributed by atoms with E-state index in [1.54, 1.807) is 12.1 Å². The molecule has 0 saturated heterocycles. The number of rotatable bonds is 5. The van der Waals surface area contributed by atoms with Crippen molar-refractivity contribution in [1.29, 1.82) is 0 Å². The SMILES string of the molecule is CCNc1snnc1COc1c(Cl)cc(Cl)cc1Cl. The van der Waals surface area contributed by atoms with Gasteiger partial charge in [0.05, 0.1) is 10.0 Å². The van der Waals surface area contributed by atoms with Crippen LogP contribution in [0.2, 0.25) is 15.1 Å². The van der Waals surface area contributed by atoms with Crippen LogP contribution in [0.4, 0.5) is 5.00 Å². The Kier molecular flexibility index (Phi) is 5.10. The van der Waals surface area contributed by atoms with Crippen molar-refractivity contribution in [3.8, 4) is 5.75 Å². The van der Waals surface area contributed by atoms with Crippen LogP contribution in [0.1, 0.15) is 12.6 Å². The number of anilines is 1. The highest BCUT2D eigenvalue weighted by Gasteiger charge is 2.12. The van der Waals surface area contributed by atoms with Gasteiger partial charge in [-0.2, -0.15) is 0 Å². The van der Waals surface area contributed by atoms with Crippen molar-refractivity contribution in [2.24, 2.45) is 0 Å². The van der Waals surface area contributed by atoms with Gasteiger partial charge >= 0.3 is 0 Å². The zero-order valence-electron chi connectivity index (χ0n) is 9.91. The molecule has 2 aromatic rings. The van der Waals surface area contributed by atoms with Gasteiger partial charge in [-0.05, 0) is 19.1 Å². The van der Waals surface area contributed by atoms with Crippen molar-refractivity contribution < 1.29 is 4.74 Å². The van der Waals surface area contributed by atoms with E-state index in [-0.39, 0.29) is 6.61 Å². The monoisotopic (exact) mass is 337 g/mol. The van der Waals surface area contributed by atoms with E-state index in [0.717, 1.165) is 11.5 Å². The number of halogens is 3. The maximum Gasteiger partial charge on any atom is 0.157 e. The molecule has 1 aromatic carbocycles. The van der Waals surface area contributed by atoms with E-state index in [1.165, 1.54) is 11.5 Å². The van der Waals surface area contributed by atoms with Gasteiger partial charge in [-0.25, -0.2) is 0 Å². The molecule has 102 valence electrons. The molecule has 0 atom stereocenters. The predicted molar refractivity (Wildman–Crippen MR) is 79.9 cm³/mol. The van der Waals surface area contributed by atoms with Gasteiger partial charge in [0.1, 0.15) is 17.3 Å². The predicted octanol–water partition coefficient (Wildman–Crippen LogP) is 4.51. The molecule has 19 heavy (non-hydrogen) atoms. The Morgan fingerprint density at radius 3 is 2.58 bits per heavy atom. The van der Waals surface area contributed by atoms with Crippen molar-refractivity contribution in [3.05, 3.63) is 32.9 Å². The van der Waals surface area contributed by atoms with Crippen molar-refractivity contribution >= 4 is 51.3 Å². The van der Waals surface area contributed by atoms with Crippen LogP contribution in [0.15, 0.2) is 12.1 Å². The minimum atomic E-state index is 0.236. The number of nitrogens with one attached hydrogen (secondary N) is 1. The highest BCUT2D eigenvalue weighted by atomic mass is 35.5. The second-order valence-electron chi connectivity index (χ2n) is 3.57. The van der Waals surface area contributed by atoms with Crippen LogP contribution < -0.4 is 10.1 Å². The van der Waals surface area contributed by atoms with Crippen LogP contribution in [-0.2, 0) is 6.61 Å². The molecule has 0 radical (unpaired) electrons. The quantitative estimate of drug-likeness (QED) is 0.871. The van der Waals surface area contributed by atoms with Gasteiger partial charge in [-0.15, -0.1) is 5.10 Å². The Hall–Kier alpha value is -0.750. The van der Waals surface area contributed by atoms with Gasteiger partial charge in [-0.3, -0.25) is 0 Å². The number of hydrogen-bond acceptors (Lipinski definition) is 5. The third-order valence-corrected chi connectivity index (χ3v) is 3.71. The summed E-state index contributed by atoms with van der Waals surface area (Å²) >= 11 is 19.2. The second-order valence-corrected chi connectivity index (χ2v) is 5.57. The van der Waals surface area contributed by atoms with Gasteiger partial charge in [0.15, 0.2) is 5.75 Å². The lowest BCUT2D eigenvalue weighted by Crippen LogP contribution is -2.02. The van der Waals surface area contributed by atoms with Crippen LogP contribution >= 0.6 is 46.3 Å². The number of hydrogen-bond donors (Lipinski definition) is 1. The summed E-state index contributed by atoms with van der Waals surface area (Å²) < 4.78 is 9.47. The average Bonchev–Trinajstić information content (AvgIpc) is 2.76. The topological polar surface area (TPSA) is 47.0 Å². The molecule has 1 N–H and O–H groups in total. The summed E-state index contributed by atoms with van der Waals surface area (Å²) in [6, 6.07) is 3.16. The summed E-state index contributed by atoms with van der Waals surface area (Å²) in [5, 5.41) is 9.23. The fourth-order valence-corrected chi connectivity index (χ4v) is 2.97. The van der Waals surface area contributed by atoms with E-state index < -0.39 is 0 Å². The first-order chi connectivity index (χ1) is 9.11. The molecule has 0 unspecified atom stereocenters. The Bertz CT molecular complexity index is 553. The molecule has 2 rings (SSSR count). The van der Waals surface area contributed by atoms with Crippen LogP contribution in [0, 0.1) is 0 Å². The molecule has 0 bridgehead atoms. The molecule has 8 heteroatoms. The first-order valence-corrected chi connectivity index (χ1v) is 7.35. The summed E-state index contributed by atoms with van der Waals surface area (Å²) in [5.41, 5.74) is 0.717. The Labute approximate surface area is 129 Å². The Morgan fingerprint density at radius 2 is 1.95 bits per heavy atom. The smallest absolute Gasteiger partial charge is 0.157 e. The summed E-state index contributed by atoms with van der Waals surface area (Å²) in [7, 11) is 0. The van der Waals surface area contributed by atoms with E-state index in [2.05, 4.69) is 14.9 Å². The van der Waals surface area contributed by atoms with Crippen molar-refractivity contribution in [1.82, 2.24) is 9.59 Å². The highest BCUT2D eigenvalue weighted by Crippen LogP contribution is 2.36. The minimum absolute atomic E-state index is 0.236. The van der Waals surface area contributed by atoms with Gasteiger partial charge in [0, 0.05) is 23.1 Å². The van der Waals surface area contributed by atoms with Gasteiger partial charge in [0.2, 0.25) is 0 Å². The molecule has 1 aromatic heterocycles. The molecule has 0 amide bonds. The standard InChI is InChI=1S/C11H10Cl3N3OS/c1-2-15-11-9(16-17-19-11)5-18-10-7(13)3-6(12)4-8(10)14/h3-4,15H,2,5H2,1H3. The van der Waals surface area contributed by atoms with Crippen molar-refractivity contribution in [2.75, 3.05) is 11.9 Å². The number of benzene rings is 1. The highest BCUT2D eigenvalue weighted by molar-refractivity contribution is 7.10. The zero-order chi connectivity index (χ0) is 13.8. The lowest BCUT2D eigenvalue weighted by atomic mass is 10.3. The van der Waals surface area contributed by atoms with E-state index in [1.807, 2.05) is 6.92 Å². The maximum absolute atomic E-state index is 6.03. The summed E-state index contributed by atoms with van der Waals surface area (Å²) in [6.45, 7) is 3.02. The zero-order valence-corrected chi connectivity index (χ0v) is 13.0. The van der Waals surface area contributed by atoms with Crippen LogP contribution in [0.25, 0.3) is 0 Å². The molecule has 0 spiro atoms. The molecule has 0 fully saturated rings. The molecule has 1 heterocycles. The third-order valence-electron chi connectivity index (χ3n) is 2.21. The van der Waals surface area contributed by atoms with Crippen molar-refractivity contribution in [3.63, 3.8) is 0 Å². The van der Waals surface area contributed by atoms with Gasteiger partial charge < -0.3 is 10.1 Å². The lowest BCUT2D eigenvalue weighted by Gasteiger charge is -2.10. The van der Waals surface area contributed by atoms with Crippen LogP contribution in [-0.4, -0.2) is 16.1 Å². The molecule has 4 nitrogen and oxygen atoms in total. The molecule has 0 aliphatic carbocycles. The van der Waals surface area contributed by atoms with E-state index >= 15 is 0 Å². The Morgan fingerprint density at radius 1 is 1.26 bits per heavy atom. The molecular formula is C11H10Cl3N3OS. The number of nitrogens with zero attached hydrogens (tertiary/aromatic N) is 2. The van der Waals surface area contributed by atoms with Crippen LogP contribution in [0.3, 0.4) is 0 Å². The van der Waals surface area contributed by atoms with E-state index in [0.29, 0.717) is 26.5 Å². The number of aromatic nitrogens is 2. The summed E-state index contributed by atoms with van der Waals surface area (Å²) in [4.78, 5) is 0. The fourth-order valence-electron chi connectivity index (χ4n) is 1.41. The minimum Gasteiger partial charge on any atom is -0.484 e. The third kappa shape index (κ3) is 3.63. The maximum atomic E-state index is 6.03. The lowest BCUT2D eigenvalue weighted by molar-refractivity contribution is 0.302. The number of ether oxygens (including phenoxy) is 1. The second kappa shape index (κ2) is 6.61. The van der Waals surface area contributed by atoms with Gasteiger partial charge in [-0.1, -0.05) is 39.3 Å². The normalized spacial score (nSPS) is 10.5. The van der Waals surface area contributed by atoms with Gasteiger partial charge in [0.25, 0.3) is 0 Å².